The highest BCUT2D eigenvalue weighted by Gasteiger charge is 2.47. The maximum atomic E-state index is 13.2. The molecule has 2 aliphatic heterocycles. The van der Waals surface area contributed by atoms with Crippen LogP contribution in [0.4, 0.5) is 0 Å². The van der Waals surface area contributed by atoms with Crippen molar-refractivity contribution in [2.24, 2.45) is 5.92 Å². The maximum Gasteiger partial charge on any atom is 0.253 e. The minimum absolute atomic E-state index is 0.0233. The molecule has 0 unspecified atom stereocenters. The summed E-state index contributed by atoms with van der Waals surface area (Å²) in [6.07, 6.45) is 5.52. The summed E-state index contributed by atoms with van der Waals surface area (Å²) in [6.45, 7) is 5.08. The highest BCUT2D eigenvalue weighted by Crippen LogP contribution is 2.31. The Labute approximate surface area is 183 Å². The average molecular weight is 434 g/mol. The highest BCUT2D eigenvalue weighted by molar-refractivity contribution is 6.30. The van der Waals surface area contributed by atoms with Crippen LogP contribution in [0.1, 0.15) is 49.4 Å². The van der Waals surface area contributed by atoms with Gasteiger partial charge >= 0.3 is 0 Å². The summed E-state index contributed by atoms with van der Waals surface area (Å²) < 4.78 is 0. The second-order valence-corrected chi connectivity index (χ2v) is 9.75. The van der Waals surface area contributed by atoms with E-state index in [1.54, 1.807) is 24.3 Å². The largest absolute Gasteiger partial charge is 0.394 e. The van der Waals surface area contributed by atoms with Gasteiger partial charge in [0.25, 0.3) is 5.91 Å². The van der Waals surface area contributed by atoms with Gasteiger partial charge in [0.05, 0.1) is 12.1 Å². The number of amides is 2. The summed E-state index contributed by atoms with van der Waals surface area (Å²) in [5.74, 6) is 0.382. The lowest BCUT2D eigenvalue weighted by Gasteiger charge is -2.56. The van der Waals surface area contributed by atoms with E-state index < -0.39 is 5.54 Å². The van der Waals surface area contributed by atoms with Gasteiger partial charge < -0.3 is 14.9 Å². The zero-order valence-electron chi connectivity index (χ0n) is 17.7. The summed E-state index contributed by atoms with van der Waals surface area (Å²) in [4.78, 5) is 32.4. The van der Waals surface area contributed by atoms with Gasteiger partial charge in [-0.25, -0.2) is 0 Å². The monoisotopic (exact) mass is 433 g/mol. The van der Waals surface area contributed by atoms with E-state index in [1.807, 2.05) is 16.7 Å². The standard InChI is InChI=1S/C23H32ClN3O3/c1-23(16-28)15-26(22(30)18-7-9-19(24)10-8-18)14-20-13-25(11-12-27(20)23)21(29)17-5-3-2-4-6-17/h7-10,17,20,28H,2-6,11-16H2,1H3/t20-,23-/m0/s1. The molecular weight excluding hydrogens is 402 g/mol. The Morgan fingerprint density at radius 1 is 1.07 bits per heavy atom. The number of hydrogen-bond acceptors (Lipinski definition) is 4. The first-order valence-electron chi connectivity index (χ1n) is 11.1. The number of carbonyl (C=O) groups excluding carboxylic acids is 2. The number of aliphatic hydroxyl groups excluding tert-OH is 1. The minimum Gasteiger partial charge on any atom is -0.394 e. The Morgan fingerprint density at radius 2 is 1.73 bits per heavy atom. The van der Waals surface area contributed by atoms with E-state index >= 15 is 0 Å². The molecule has 2 heterocycles. The molecule has 0 radical (unpaired) electrons. The Bertz CT molecular complexity index is 780. The fourth-order valence-electron chi connectivity index (χ4n) is 5.42. The van der Waals surface area contributed by atoms with Gasteiger partial charge in [0, 0.05) is 55.3 Å². The molecular formula is C23H32ClN3O3. The predicted molar refractivity (Wildman–Crippen MR) is 116 cm³/mol. The first-order valence-corrected chi connectivity index (χ1v) is 11.5. The Balaban J connectivity index is 1.50. The number of benzene rings is 1. The third-order valence-electron chi connectivity index (χ3n) is 7.12. The van der Waals surface area contributed by atoms with Crippen LogP contribution in [-0.4, -0.2) is 82.5 Å². The molecule has 2 amide bonds. The molecule has 4 rings (SSSR count). The summed E-state index contributed by atoms with van der Waals surface area (Å²) >= 11 is 5.97. The number of hydrogen-bond donors (Lipinski definition) is 1. The molecule has 0 bridgehead atoms. The van der Waals surface area contributed by atoms with Gasteiger partial charge in [-0.05, 0) is 44.0 Å². The Morgan fingerprint density at radius 3 is 2.40 bits per heavy atom. The SMILES string of the molecule is C[C@@]1(CO)CN(C(=O)c2ccc(Cl)cc2)C[C@@H]2CN(C(=O)C3CCCCC3)CCN21. The van der Waals surface area contributed by atoms with Crippen LogP contribution in [-0.2, 0) is 4.79 Å². The van der Waals surface area contributed by atoms with E-state index in [0.29, 0.717) is 36.8 Å². The van der Waals surface area contributed by atoms with Crippen LogP contribution in [0.2, 0.25) is 5.02 Å². The van der Waals surface area contributed by atoms with Crippen LogP contribution in [0.5, 0.6) is 0 Å². The zero-order valence-corrected chi connectivity index (χ0v) is 18.5. The molecule has 0 spiro atoms. The molecule has 1 saturated carbocycles. The molecule has 30 heavy (non-hydrogen) atoms. The molecule has 1 N–H and O–H groups in total. The summed E-state index contributed by atoms with van der Waals surface area (Å²) in [5.41, 5.74) is 0.0874. The van der Waals surface area contributed by atoms with Gasteiger partial charge in [-0.15, -0.1) is 0 Å². The van der Waals surface area contributed by atoms with Crippen molar-refractivity contribution in [1.29, 1.82) is 0 Å². The number of aliphatic hydroxyl groups is 1. The summed E-state index contributed by atoms with van der Waals surface area (Å²) in [6, 6.07) is 6.97. The number of rotatable bonds is 3. The lowest BCUT2D eigenvalue weighted by atomic mass is 9.87. The maximum absolute atomic E-state index is 13.2. The number of carbonyl (C=O) groups is 2. The average Bonchev–Trinajstić information content (AvgIpc) is 2.78. The second-order valence-electron chi connectivity index (χ2n) is 9.31. The van der Waals surface area contributed by atoms with Gasteiger partial charge in [-0.2, -0.15) is 0 Å². The molecule has 0 aromatic heterocycles. The van der Waals surface area contributed by atoms with E-state index in [-0.39, 0.29) is 30.4 Å². The first-order chi connectivity index (χ1) is 14.4. The fraction of sp³-hybridized carbons (Fsp3) is 0.652. The minimum atomic E-state index is -0.509. The molecule has 1 aromatic carbocycles. The van der Waals surface area contributed by atoms with Crippen LogP contribution in [0.25, 0.3) is 0 Å². The summed E-state index contributed by atoms with van der Waals surface area (Å²) in [5, 5.41) is 10.8. The third-order valence-corrected chi connectivity index (χ3v) is 7.38. The molecule has 2 atom stereocenters. The predicted octanol–water partition coefficient (Wildman–Crippen LogP) is 2.64. The van der Waals surface area contributed by atoms with Crippen molar-refractivity contribution in [3.63, 3.8) is 0 Å². The van der Waals surface area contributed by atoms with Crippen molar-refractivity contribution >= 4 is 23.4 Å². The van der Waals surface area contributed by atoms with Crippen LogP contribution < -0.4 is 0 Å². The van der Waals surface area contributed by atoms with Crippen LogP contribution in [0, 0.1) is 5.92 Å². The quantitative estimate of drug-likeness (QED) is 0.795. The Hall–Kier alpha value is -1.63. The van der Waals surface area contributed by atoms with Gasteiger partial charge in [0.15, 0.2) is 0 Å². The van der Waals surface area contributed by atoms with Gasteiger partial charge in [0.1, 0.15) is 0 Å². The van der Waals surface area contributed by atoms with E-state index in [9.17, 15) is 14.7 Å². The van der Waals surface area contributed by atoms with Crippen molar-refractivity contribution < 1.29 is 14.7 Å². The fourth-order valence-corrected chi connectivity index (χ4v) is 5.55. The van der Waals surface area contributed by atoms with E-state index in [4.69, 9.17) is 11.6 Å². The van der Waals surface area contributed by atoms with Gasteiger partial charge in [-0.3, -0.25) is 14.5 Å². The number of piperazine rings is 2. The number of fused-ring (bicyclic) bond motifs is 1. The van der Waals surface area contributed by atoms with Crippen molar-refractivity contribution in [2.45, 2.75) is 50.6 Å². The summed E-state index contributed by atoms with van der Waals surface area (Å²) in [7, 11) is 0. The molecule has 1 aromatic rings. The zero-order chi connectivity index (χ0) is 21.3. The molecule has 3 aliphatic rings. The van der Waals surface area contributed by atoms with Crippen molar-refractivity contribution in [2.75, 3.05) is 39.3 Å². The lowest BCUT2D eigenvalue weighted by molar-refractivity contribution is -0.145. The lowest BCUT2D eigenvalue weighted by Crippen LogP contribution is -2.72. The smallest absolute Gasteiger partial charge is 0.253 e. The highest BCUT2D eigenvalue weighted by atomic mass is 35.5. The topological polar surface area (TPSA) is 64.1 Å². The van der Waals surface area contributed by atoms with Crippen molar-refractivity contribution in [3.05, 3.63) is 34.9 Å². The normalized spacial score (nSPS) is 28.3. The van der Waals surface area contributed by atoms with Crippen LogP contribution in [0.3, 0.4) is 0 Å². The molecule has 2 saturated heterocycles. The second kappa shape index (κ2) is 8.85. The Kier molecular flexibility index (Phi) is 6.37. The molecule has 1 aliphatic carbocycles. The molecule has 3 fully saturated rings. The number of halogens is 1. The molecule has 164 valence electrons. The molecule has 7 heteroatoms. The molecule has 6 nitrogen and oxygen atoms in total. The third kappa shape index (κ3) is 4.23. The van der Waals surface area contributed by atoms with E-state index in [0.717, 1.165) is 32.2 Å². The van der Waals surface area contributed by atoms with E-state index in [2.05, 4.69) is 4.90 Å². The van der Waals surface area contributed by atoms with Gasteiger partial charge in [0.2, 0.25) is 5.91 Å². The van der Waals surface area contributed by atoms with E-state index in [1.165, 1.54) is 6.42 Å². The first kappa shape index (κ1) is 21.6. The van der Waals surface area contributed by atoms with Crippen LogP contribution >= 0.6 is 11.6 Å². The number of nitrogens with zero attached hydrogens (tertiary/aromatic N) is 3. The van der Waals surface area contributed by atoms with Gasteiger partial charge in [-0.1, -0.05) is 30.9 Å². The van der Waals surface area contributed by atoms with Crippen molar-refractivity contribution in [3.8, 4) is 0 Å². The van der Waals surface area contributed by atoms with Crippen molar-refractivity contribution in [1.82, 2.24) is 14.7 Å². The van der Waals surface area contributed by atoms with Crippen LogP contribution in [0.15, 0.2) is 24.3 Å².